The summed E-state index contributed by atoms with van der Waals surface area (Å²) in [4.78, 5) is 24.3. The number of aromatic hydroxyl groups is 1. The van der Waals surface area contributed by atoms with Crippen LogP contribution in [0.15, 0.2) is 48.5 Å². The van der Waals surface area contributed by atoms with Crippen molar-refractivity contribution >= 4 is 11.9 Å². The SMILES string of the molecule is CCCCCCCCC(=O)NCc1ccc(O)c(OCCCCNC(C)(C)COC(=O)c2ccccc2)c1. The second-order valence-corrected chi connectivity index (χ2v) is 10.4. The molecule has 0 fully saturated rings. The fourth-order valence-corrected chi connectivity index (χ4v) is 3.93. The van der Waals surface area contributed by atoms with E-state index in [1.54, 1.807) is 30.3 Å². The van der Waals surface area contributed by atoms with Crippen LogP contribution in [0.5, 0.6) is 11.5 Å². The van der Waals surface area contributed by atoms with Crippen LogP contribution >= 0.6 is 0 Å². The summed E-state index contributed by atoms with van der Waals surface area (Å²) in [5, 5.41) is 16.5. The number of unbranched alkanes of at least 4 members (excludes halogenated alkanes) is 6. The maximum absolute atomic E-state index is 12.1. The third-order valence-electron chi connectivity index (χ3n) is 6.28. The Morgan fingerprint density at radius 3 is 2.42 bits per heavy atom. The van der Waals surface area contributed by atoms with Gasteiger partial charge in [0.2, 0.25) is 5.91 Å². The van der Waals surface area contributed by atoms with Crippen LogP contribution < -0.4 is 15.4 Å². The summed E-state index contributed by atoms with van der Waals surface area (Å²) >= 11 is 0. The van der Waals surface area contributed by atoms with Gasteiger partial charge in [-0.3, -0.25) is 4.79 Å². The van der Waals surface area contributed by atoms with Gasteiger partial charge in [-0.15, -0.1) is 0 Å². The molecule has 0 aliphatic rings. The van der Waals surface area contributed by atoms with Crippen molar-refractivity contribution in [2.45, 2.75) is 90.6 Å². The van der Waals surface area contributed by atoms with Crippen molar-refractivity contribution in [2.24, 2.45) is 0 Å². The highest BCUT2D eigenvalue weighted by Gasteiger charge is 2.19. The molecule has 38 heavy (non-hydrogen) atoms. The molecule has 7 nitrogen and oxygen atoms in total. The molecule has 0 unspecified atom stereocenters. The van der Waals surface area contributed by atoms with Crippen LogP contribution in [0, 0.1) is 0 Å². The van der Waals surface area contributed by atoms with E-state index in [0.29, 0.717) is 30.9 Å². The number of rotatable bonds is 19. The Bertz CT molecular complexity index is 962. The van der Waals surface area contributed by atoms with E-state index in [0.717, 1.165) is 37.8 Å². The zero-order valence-electron chi connectivity index (χ0n) is 23.4. The number of phenols is 1. The van der Waals surface area contributed by atoms with E-state index in [4.69, 9.17) is 9.47 Å². The molecule has 1 amide bonds. The first-order valence-corrected chi connectivity index (χ1v) is 14.0. The van der Waals surface area contributed by atoms with Crippen LogP contribution in [0.2, 0.25) is 0 Å². The zero-order valence-corrected chi connectivity index (χ0v) is 23.4. The van der Waals surface area contributed by atoms with Gasteiger partial charge in [0.15, 0.2) is 11.5 Å². The molecule has 0 saturated heterocycles. The third-order valence-corrected chi connectivity index (χ3v) is 6.28. The molecule has 0 radical (unpaired) electrons. The lowest BCUT2D eigenvalue weighted by atomic mass is 10.1. The second kappa shape index (κ2) is 17.4. The molecule has 0 atom stereocenters. The first-order valence-electron chi connectivity index (χ1n) is 14.0. The minimum absolute atomic E-state index is 0.0568. The van der Waals surface area contributed by atoms with Crippen LogP contribution in [0.25, 0.3) is 0 Å². The topological polar surface area (TPSA) is 96.9 Å². The summed E-state index contributed by atoms with van der Waals surface area (Å²) in [6, 6.07) is 14.1. The van der Waals surface area contributed by atoms with Gasteiger partial charge in [0.25, 0.3) is 0 Å². The largest absolute Gasteiger partial charge is 0.504 e. The van der Waals surface area contributed by atoms with Crippen molar-refractivity contribution in [3.8, 4) is 11.5 Å². The molecule has 0 aliphatic heterocycles. The lowest BCUT2D eigenvalue weighted by molar-refractivity contribution is -0.121. The monoisotopic (exact) mass is 526 g/mol. The quantitative estimate of drug-likeness (QED) is 0.150. The fraction of sp³-hybridized carbons (Fsp3) is 0.548. The number of carbonyl (C=O) groups is 2. The van der Waals surface area contributed by atoms with E-state index < -0.39 is 0 Å². The standard InChI is InChI=1S/C31H46N2O5/c1-4-5-6-7-8-12-17-29(35)32-23-25-18-19-27(34)28(22-25)37-21-14-13-20-33-31(2,3)24-38-30(36)26-15-10-9-11-16-26/h9-11,15-16,18-19,22,33-34H,4-8,12-14,17,20-21,23-24H2,1-3H3,(H,32,35). The number of hydrogen-bond acceptors (Lipinski definition) is 6. The number of ether oxygens (including phenoxy) is 2. The van der Waals surface area contributed by atoms with Gasteiger partial charge < -0.3 is 25.2 Å². The fourth-order valence-electron chi connectivity index (χ4n) is 3.93. The van der Waals surface area contributed by atoms with E-state index in [1.165, 1.54) is 25.7 Å². The third kappa shape index (κ3) is 13.0. The molecule has 0 aliphatic carbocycles. The molecule has 0 bridgehead atoms. The molecule has 0 spiro atoms. The Hall–Kier alpha value is -3.06. The van der Waals surface area contributed by atoms with Crippen molar-refractivity contribution in [1.82, 2.24) is 10.6 Å². The van der Waals surface area contributed by atoms with E-state index in [-0.39, 0.29) is 29.8 Å². The smallest absolute Gasteiger partial charge is 0.338 e. The summed E-state index contributed by atoms with van der Waals surface area (Å²) in [6.45, 7) is 8.09. The summed E-state index contributed by atoms with van der Waals surface area (Å²) in [7, 11) is 0. The summed E-state index contributed by atoms with van der Waals surface area (Å²) in [5.74, 6) is 0.245. The van der Waals surface area contributed by atoms with Gasteiger partial charge in [0, 0.05) is 18.5 Å². The van der Waals surface area contributed by atoms with Gasteiger partial charge in [-0.2, -0.15) is 0 Å². The first-order chi connectivity index (χ1) is 18.3. The van der Waals surface area contributed by atoms with E-state index in [9.17, 15) is 14.7 Å². The minimum Gasteiger partial charge on any atom is -0.504 e. The number of carbonyl (C=O) groups excluding carboxylic acids is 2. The van der Waals surface area contributed by atoms with Gasteiger partial charge in [-0.1, -0.05) is 63.3 Å². The number of benzene rings is 2. The number of hydrogen-bond donors (Lipinski definition) is 3. The molecular formula is C31H46N2O5. The van der Waals surface area contributed by atoms with Gasteiger partial charge in [-0.05, 0) is 69.5 Å². The highest BCUT2D eigenvalue weighted by molar-refractivity contribution is 5.89. The highest BCUT2D eigenvalue weighted by atomic mass is 16.5. The summed E-state index contributed by atoms with van der Waals surface area (Å²) in [6.07, 6.45) is 9.16. The van der Waals surface area contributed by atoms with Crippen molar-refractivity contribution < 1.29 is 24.2 Å². The van der Waals surface area contributed by atoms with Crippen LogP contribution in [-0.2, 0) is 16.1 Å². The normalized spacial score (nSPS) is 11.2. The molecule has 3 N–H and O–H groups in total. The number of esters is 1. The summed E-state index contributed by atoms with van der Waals surface area (Å²) < 4.78 is 11.2. The van der Waals surface area contributed by atoms with Crippen LogP contribution in [0.3, 0.4) is 0 Å². The molecule has 0 heterocycles. The van der Waals surface area contributed by atoms with Crippen LogP contribution in [-0.4, -0.2) is 42.3 Å². The average molecular weight is 527 g/mol. The van der Waals surface area contributed by atoms with Gasteiger partial charge in [0.05, 0.1) is 12.2 Å². The zero-order chi connectivity index (χ0) is 27.6. The molecule has 0 aromatic heterocycles. The molecule has 210 valence electrons. The van der Waals surface area contributed by atoms with Crippen molar-refractivity contribution in [3.05, 3.63) is 59.7 Å². The maximum Gasteiger partial charge on any atom is 0.338 e. The van der Waals surface area contributed by atoms with E-state index in [2.05, 4.69) is 17.6 Å². The molecule has 2 aromatic rings. The average Bonchev–Trinajstić information content (AvgIpc) is 2.91. The van der Waals surface area contributed by atoms with Crippen molar-refractivity contribution in [2.75, 3.05) is 19.8 Å². The van der Waals surface area contributed by atoms with Crippen molar-refractivity contribution in [1.29, 1.82) is 0 Å². The maximum atomic E-state index is 12.1. The Balaban J connectivity index is 1.61. The molecule has 2 aromatic carbocycles. The van der Waals surface area contributed by atoms with Crippen LogP contribution in [0.4, 0.5) is 0 Å². The lowest BCUT2D eigenvalue weighted by Crippen LogP contribution is -2.44. The predicted molar refractivity (Wildman–Crippen MR) is 151 cm³/mol. The van der Waals surface area contributed by atoms with Gasteiger partial charge in [0.1, 0.15) is 6.61 Å². The Kier molecular flexibility index (Phi) is 14.3. The van der Waals surface area contributed by atoms with Gasteiger partial charge in [-0.25, -0.2) is 4.79 Å². The number of phenolic OH excluding ortho intramolecular Hbond substituents is 1. The Morgan fingerprint density at radius 1 is 0.921 bits per heavy atom. The Labute approximate surface area is 228 Å². The lowest BCUT2D eigenvalue weighted by Gasteiger charge is -2.26. The number of amides is 1. The molecule has 7 heteroatoms. The van der Waals surface area contributed by atoms with Crippen molar-refractivity contribution in [3.63, 3.8) is 0 Å². The van der Waals surface area contributed by atoms with Gasteiger partial charge >= 0.3 is 5.97 Å². The Morgan fingerprint density at radius 2 is 1.66 bits per heavy atom. The number of nitrogens with one attached hydrogen (secondary N) is 2. The molecule has 0 saturated carbocycles. The summed E-state index contributed by atoms with van der Waals surface area (Å²) in [5.41, 5.74) is 1.09. The molecule has 2 rings (SSSR count). The first kappa shape index (κ1) is 31.2. The second-order valence-electron chi connectivity index (χ2n) is 10.4. The van der Waals surface area contributed by atoms with E-state index >= 15 is 0 Å². The minimum atomic E-state index is -0.350. The van der Waals surface area contributed by atoms with Crippen LogP contribution in [0.1, 0.15) is 94.5 Å². The van der Waals surface area contributed by atoms with E-state index in [1.807, 2.05) is 32.0 Å². The predicted octanol–water partition coefficient (Wildman–Crippen LogP) is 6.14. The highest BCUT2D eigenvalue weighted by Crippen LogP contribution is 2.27. The molecular weight excluding hydrogens is 480 g/mol.